The number of amides is 2. The third-order valence-electron chi connectivity index (χ3n) is 5.83. The summed E-state index contributed by atoms with van der Waals surface area (Å²) in [6.07, 6.45) is -4.49. The Kier molecular flexibility index (Phi) is 9.07. The molecule has 2 amide bonds. The Morgan fingerprint density at radius 2 is 1.48 bits per heavy atom. The van der Waals surface area contributed by atoms with E-state index in [1.54, 1.807) is 19.1 Å². The molecule has 0 fully saturated rings. The average Bonchev–Trinajstić information content (AvgIpc) is 2.93. The summed E-state index contributed by atoms with van der Waals surface area (Å²) in [5, 5.41) is 17.4. The molecule has 0 aliphatic heterocycles. The molecule has 0 aliphatic carbocycles. The standard InChI is InChI=1S/C28H25F4N5O4S/c1-17(15-38)33-25-14-23(16-42(40,41)24-12-6-20(29)7-13-24)34-26(37-25)18-2-8-21(9-3-18)35-27(39)36-22-10-4-19(5-11-22)28(30,31)32/h2-14,17,38H,15-16H2,1H3,(H,33,34,37)(H2,35,36,39)/t17-/m0/s1. The Bertz CT molecular complexity index is 1650. The number of aliphatic hydroxyl groups is 1. The molecule has 4 rings (SSSR count). The molecule has 1 heterocycles. The summed E-state index contributed by atoms with van der Waals surface area (Å²) in [5.41, 5.74) is 0.299. The number of nitrogens with zero attached hydrogens (tertiary/aromatic N) is 2. The van der Waals surface area contributed by atoms with Crippen molar-refractivity contribution in [3.05, 3.63) is 95.9 Å². The van der Waals surface area contributed by atoms with Crippen LogP contribution in [0.3, 0.4) is 0 Å². The van der Waals surface area contributed by atoms with Crippen LogP contribution in [0.2, 0.25) is 0 Å². The molecule has 1 aromatic heterocycles. The Hall–Kier alpha value is -4.56. The van der Waals surface area contributed by atoms with E-state index in [-0.39, 0.29) is 34.5 Å². The monoisotopic (exact) mass is 603 g/mol. The van der Waals surface area contributed by atoms with Gasteiger partial charge in [-0.05, 0) is 79.7 Å². The Morgan fingerprint density at radius 1 is 0.905 bits per heavy atom. The van der Waals surface area contributed by atoms with Gasteiger partial charge in [0.25, 0.3) is 0 Å². The minimum Gasteiger partial charge on any atom is -0.394 e. The zero-order valence-electron chi connectivity index (χ0n) is 22.0. The first-order valence-corrected chi connectivity index (χ1v) is 14.1. The van der Waals surface area contributed by atoms with Crippen LogP contribution in [0.4, 0.5) is 39.5 Å². The predicted molar refractivity (Wildman–Crippen MR) is 149 cm³/mol. The van der Waals surface area contributed by atoms with Crippen LogP contribution >= 0.6 is 0 Å². The molecule has 0 radical (unpaired) electrons. The van der Waals surface area contributed by atoms with Crippen LogP contribution in [0.25, 0.3) is 11.4 Å². The lowest BCUT2D eigenvalue weighted by Gasteiger charge is -2.14. The van der Waals surface area contributed by atoms with E-state index in [9.17, 15) is 35.9 Å². The quantitative estimate of drug-likeness (QED) is 0.142. The van der Waals surface area contributed by atoms with Gasteiger partial charge in [0, 0.05) is 29.0 Å². The van der Waals surface area contributed by atoms with Crippen molar-refractivity contribution in [3.8, 4) is 11.4 Å². The number of halogens is 4. The van der Waals surface area contributed by atoms with Gasteiger partial charge in [-0.1, -0.05) is 0 Å². The molecule has 1 atom stereocenters. The minimum atomic E-state index is -4.49. The molecule has 0 saturated heterocycles. The Labute approximate surface area is 238 Å². The van der Waals surface area contributed by atoms with Gasteiger partial charge in [-0.15, -0.1) is 0 Å². The van der Waals surface area contributed by atoms with Gasteiger partial charge in [0.05, 0.1) is 28.5 Å². The number of rotatable bonds is 9. The van der Waals surface area contributed by atoms with Crippen molar-refractivity contribution in [2.75, 3.05) is 22.6 Å². The highest BCUT2D eigenvalue weighted by molar-refractivity contribution is 7.90. The molecule has 3 aromatic carbocycles. The number of hydrogen-bond acceptors (Lipinski definition) is 7. The molecule has 0 spiro atoms. The fourth-order valence-corrected chi connectivity index (χ4v) is 4.99. The van der Waals surface area contributed by atoms with Crippen molar-refractivity contribution in [1.82, 2.24) is 9.97 Å². The van der Waals surface area contributed by atoms with Gasteiger partial charge in [-0.25, -0.2) is 27.6 Å². The molecule has 9 nitrogen and oxygen atoms in total. The molecule has 0 unspecified atom stereocenters. The van der Waals surface area contributed by atoms with Gasteiger partial charge in [-0.2, -0.15) is 13.2 Å². The normalized spacial score (nSPS) is 12.4. The number of alkyl halides is 3. The van der Waals surface area contributed by atoms with E-state index < -0.39 is 45.2 Å². The Morgan fingerprint density at radius 3 is 2.02 bits per heavy atom. The molecular formula is C28H25F4N5O4S. The van der Waals surface area contributed by atoms with Crippen LogP contribution in [0.5, 0.6) is 0 Å². The predicted octanol–water partition coefficient (Wildman–Crippen LogP) is 5.71. The van der Waals surface area contributed by atoms with Crippen LogP contribution in [0, 0.1) is 5.82 Å². The second-order valence-corrected chi connectivity index (χ2v) is 11.2. The number of hydrogen-bond donors (Lipinski definition) is 4. The van der Waals surface area contributed by atoms with Gasteiger partial charge in [0.2, 0.25) is 0 Å². The number of urea groups is 1. The van der Waals surface area contributed by atoms with Crippen LogP contribution in [-0.4, -0.2) is 42.2 Å². The van der Waals surface area contributed by atoms with Gasteiger partial charge in [0.1, 0.15) is 11.6 Å². The number of nitrogens with one attached hydrogen (secondary N) is 3. The number of aliphatic hydroxyl groups excluding tert-OH is 1. The maximum Gasteiger partial charge on any atom is 0.416 e. The fraction of sp³-hybridized carbons (Fsp3) is 0.179. The summed E-state index contributed by atoms with van der Waals surface area (Å²) in [4.78, 5) is 21.1. The summed E-state index contributed by atoms with van der Waals surface area (Å²) in [6, 6.07) is 15.0. The Balaban J connectivity index is 1.52. The SMILES string of the molecule is C[C@@H](CO)Nc1cc(CS(=O)(=O)c2ccc(F)cc2)nc(-c2ccc(NC(=O)Nc3ccc(C(F)(F)F)cc3)cc2)n1. The number of sulfone groups is 1. The summed E-state index contributed by atoms with van der Waals surface area (Å²) in [7, 11) is -3.88. The highest BCUT2D eigenvalue weighted by Crippen LogP contribution is 2.30. The molecule has 4 N–H and O–H groups in total. The van der Waals surface area contributed by atoms with Crippen molar-refractivity contribution in [2.45, 2.75) is 29.8 Å². The molecular weight excluding hydrogens is 578 g/mol. The molecule has 0 aliphatic rings. The van der Waals surface area contributed by atoms with Crippen LogP contribution in [-0.2, 0) is 21.8 Å². The number of carbonyl (C=O) groups is 1. The van der Waals surface area contributed by atoms with E-state index in [1.165, 1.54) is 30.3 Å². The van der Waals surface area contributed by atoms with E-state index in [4.69, 9.17) is 0 Å². The third kappa shape index (κ3) is 8.01. The smallest absolute Gasteiger partial charge is 0.394 e. The highest BCUT2D eigenvalue weighted by atomic mass is 32.2. The lowest BCUT2D eigenvalue weighted by Crippen LogP contribution is -2.21. The summed E-state index contributed by atoms with van der Waals surface area (Å²) < 4.78 is 77.4. The van der Waals surface area contributed by atoms with Gasteiger partial charge >= 0.3 is 12.2 Å². The number of aromatic nitrogens is 2. The summed E-state index contributed by atoms with van der Waals surface area (Å²) >= 11 is 0. The fourth-order valence-electron chi connectivity index (χ4n) is 3.73. The molecule has 0 saturated carbocycles. The van der Waals surface area contributed by atoms with E-state index >= 15 is 0 Å². The molecule has 0 bridgehead atoms. The van der Waals surface area contributed by atoms with E-state index in [1.807, 2.05) is 0 Å². The zero-order valence-corrected chi connectivity index (χ0v) is 22.8. The maximum absolute atomic E-state index is 13.3. The molecule has 220 valence electrons. The van der Waals surface area contributed by atoms with Gasteiger partial charge in [-0.3, -0.25) is 0 Å². The molecule has 14 heteroatoms. The van der Waals surface area contributed by atoms with Crippen molar-refractivity contribution < 1.29 is 35.9 Å². The van der Waals surface area contributed by atoms with Crippen LogP contribution in [0.1, 0.15) is 18.2 Å². The highest BCUT2D eigenvalue weighted by Gasteiger charge is 2.30. The molecule has 4 aromatic rings. The average molecular weight is 604 g/mol. The molecule has 42 heavy (non-hydrogen) atoms. The van der Waals surface area contributed by atoms with Crippen LogP contribution in [0.15, 0.2) is 83.8 Å². The summed E-state index contributed by atoms with van der Waals surface area (Å²) in [6.45, 7) is 1.49. The number of carbonyl (C=O) groups excluding carboxylic acids is 1. The number of anilines is 3. The first-order valence-electron chi connectivity index (χ1n) is 12.4. The zero-order chi connectivity index (χ0) is 30.5. The van der Waals surface area contributed by atoms with Crippen LogP contribution < -0.4 is 16.0 Å². The third-order valence-corrected chi connectivity index (χ3v) is 7.50. The second-order valence-electron chi connectivity index (χ2n) is 9.24. The van der Waals surface area contributed by atoms with E-state index in [0.29, 0.717) is 11.3 Å². The van der Waals surface area contributed by atoms with Gasteiger partial charge < -0.3 is 21.1 Å². The largest absolute Gasteiger partial charge is 0.416 e. The van der Waals surface area contributed by atoms with Crippen molar-refractivity contribution >= 4 is 33.1 Å². The number of benzene rings is 3. The maximum atomic E-state index is 13.3. The van der Waals surface area contributed by atoms with E-state index in [2.05, 4.69) is 25.9 Å². The second kappa shape index (κ2) is 12.5. The summed E-state index contributed by atoms with van der Waals surface area (Å²) in [5.74, 6) is -0.642. The topological polar surface area (TPSA) is 133 Å². The van der Waals surface area contributed by atoms with E-state index in [0.717, 1.165) is 36.4 Å². The van der Waals surface area contributed by atoms with Crippen molar-refractivity contribution in [2.24, 2.45) is 0 Å². The first-order chi connectivity index (χ1) is 19.8. The lowest BCUT2D eigenvalue weighted by molar-refractivity contribution is -0.137. The van der Waals surface area contributed by atoms with Crippen molar-refractivity contribution in [1.29, 1.82) is 0 Å². The lowest BCUT2D eigenvalue weighted by atomic mass is 10.2. The first kappa shape index (κ1) is 30.4. The van der Waals surface area contributed by atoms with Crippen molar-refractivity contribution in [3.63, 3.8) is 0 Å². The van der Waals surface area contributed by atoms with Gasteiger partial charge in [0.15, 0.2) is 15.7 Å². The minimum absolute atomic E-state index is 0.0766.